The quantitative estimate of drug-likeness (QED) is 0.290. The van der Waals surface area contributed by atoms with Gasteiger partial charge in [-0.25, -0.2) is 16.8 Å². The van der Waals surface area contributed by atoms with Crippen molar-refractivity contribution in [3.8, 4) is 5.75 Å². The number of sulfonamides is 2. The zero-order valence-electron chi connectivity index (χ0n) is 22.0. The van der Waals surface area contributed by atoms with Gasteiger partial charge in [0.25, 0.3) is 26.0 Å². The van der Waals surface area contributed by atoms with Gasteiger partial charge in [0.2, 0.25) is 0 Å². The summed E-state index contributed by atoms with van der Waals surface area (Å²) in [5.74, 6) is -0.366. The summed E-state index contributed by atoms with van der Waals surface area (Å²) in [7, 11) is -7.91. The molecular formula is C29H26ClN3O6S2. The molecule has 4 aromatic carbocycles. The van der Waals surface area contributed by atoms with Gasteiger partial charge in [0.05, 0.1) is 22.0 Å². The number of carbonyl (C=O) groups is 1. The Hall–Kier alpha value is -4.06. The number of aryl methyl sites for hydroxylation is 2. The van der Waals surface area contributed by atoms with Crippen molar-refractivity contribution in [3.05, 3.63) is 107 Å². The van der Waals surface area contributed by atoms with Crippen LogP contribution in [0.1, 0.15) is 11.1 Å². The number of hydrogen-bond donors (Lipinski definition) is 2. The lowest BCUT2D eigenvalue weighted by molar-refractivity contribution is -0.122. The van der Waals surface area contributed by atoms with Crippen molar-refractivity contribution >= 4 is 54.6 Å². The molecule has 1 heterocycles. The Morgan fingerprint density at radius 2 is 1.46 bits per heavy atom. The highest BCUT2D eigenvalue weighted by molar-refractivity contribution is 7.93. The van der Waals surface area contributed by atoms with E-state index in [0.717, 1.165) is 15.4 Å². The van der Waals surface area contributed by atoms with Gasteiger partial charge in [-0.15, -0.1) is 0 Å². The number of carbonyl (C=O) groups excluding carboxylic acids is 1. The van der Waals surface area contributed by atoms with E-state index in [1.807, 2.05) is 19.9 Å². The van der Waals surface area contributed by atoms with Crippen LogP contribution >= 0.6 is 11.6 Å². The van der Waals surface area contributed by atoms with Gasteiger partial charge >= 0.3 is 0 Å². The second-order valence-electron chi connectivity index (χ2n) is 9.48. The first-order valence-corrected chi connectivity index (χ1v) is 15.8. The largest absolute Gasteiger partial charge is 0.476 e. The molecule has 12 heteroatoms. The number of ether oxygens (including phenoxy) is 1. The number of benzene rings is 4. The maximum Gasteiger partial charge on any atom is 0.267 e. The zero-order valence-corrected chi connectivity index (χ0v) is 24.4. The second-order valence-corrected chi connectivity index (χ2v) is 13.5. The van der Waals surface area contributed by atoms with Crippen molar-refractivity contribution in [2.75, 3.05) is 20.9 Å². The third-order valence-corrected chi connectivity index (χ3v) is 10.1. The lowest BCUT2D eigenvalue weighted by Crippen LogP contribution is -2.48. The molecule has 1 aliphatic rings. The minimum atomic E-state index is -4.04. The van der Waals surface area contributed by atoms with Crippen LogP contribution in [0.2, 0.25) is 5.02 Å². The van der Waals surface area contributed by atoms with E-state index in [2.05, 4.69) is 10.0 Å². The maximum atomic E-state index is 13.5. The van der Waals surface area contributed by atoms with Gasteiger partial charge in [0, 0.05) is 16.4 Å². The van der Waals surface area contributed by atoms with Crippen LogP contribution in [0.5, 0.6) is 5.75 Å². The fraction of sp³-hybridized carbons (Fsp3) is 0.138. The van der Waals surface area contributed by atoms with Gasteiger partial charge in [-0.3, -0.25) is 13.8 Å². The van der Waals surface area contributed by atoms with Crippen molar-refractivity contribution in [2.24, 2.45) is 0 Å². The number of halogens is 1. The first-order chi connectivity index (χ1) is 19.4. The second kappa shape index (κ2) is 11.1. The summed E-state index contributed by atoms with van der Waals surface area (Å²) in [6, 6.07) is 23.2. The molecule has 9 nitrogen and oxygen atoms in total. The molecule has 0 aliphatic carbocycles. The van der Waals surface area contributed by atoms with Crippen LogP contribution in [0.4, 0.5) is 17.1 Å². The van der Waals surface area contributed by atoms with Crippen molar-refractivity contribution in [1.29, 1.82) is 0 Å². The summed E-state index contributed by atoms with van der Waals surface area (Å²) in [5, 5.41) is 3.08. The highest BCUT2D eigenvalue weighted by atomic mass is 35.5. The molecule has 0 saturated carbocycles. The van der Waals surface area contributed by atoms with E-state index < -0.39 is 32.1 Å². The predicted octanol–water partition coefficient (Wildman–Crippen LogP) is 5.35. The normalized spacial score (nSPS) is 15.0. The van der Waals surface area contributed by atoms with Crippen LogP contribution in [0.3, 0.4) is 0 Å². The molecule has 1 amide bonds. The third kappa shape index (κ3) is 6.02. The van der Waals surface area contributed by atoms with E-state index in [0.29, 0.717) is 22.1 Å². The monoisotopic (exact) mass is 611 g/mol. The average Bonchev–Trinajstić information content (AvgIpc) is 2.94. The van der Waals surface area contributed by atoms with E-state index in [1.54, 1.807) is 36.4 Å². The highest BCUT2D eigenvalue weighted by Gasteiger charge is 2.37. The number of nitrogens with one attached hydrogen (secondary N) is 2. The number of amides is 1. The molecule has 5 rings (SSSR count). The topological polar surface area (TPSA) is 122 Å². The molecule has 0 radical (unpaired) electrons. The zero-order chi connectivity index (χ0) is 29.4. The lowest BCUT2D eigenvalue weighted by Gasteiger charge is -2.34. The summed E-state index contributed by atoms with van der Waals surface area (Å²) < 4.78 is 62.3. The Morgan fingerprint density at radius 3 is 2.15 bits per heavy atom. The Balaban J connectivity index is 1.33. The van der Waals surface area contributed by atoms with E-state index in [9.17, 15) is 21.6 Å². The first kappa shape index (κ1) is 28.5. The summed E-state index contributed by atoms with van der Waals surface area (Å²) >= 11 is 5.93. The number of anilines is 3. The summed E-state index contributed by atoms with van der Waals surface area (Å²) in [4.78, 5) is 13.2. The number of para-hydroxylation sites is 2. The Morgan fingerprint density at radius 1 is 0.829 bits per heavy atom. The standard InChI is InChI=1S/C29H26ClN3O6S2/c1-19-7-10-23(17-20(19)2)32-40(35,36)24-15-11-22(12-16-24)31-29(34)28-18-33(26-5-3-4-6-27(26)39-28)41(37,38)25-13-8-21(30)9-14-25/h3-17,28,32H,18H2,1-2H3,(H,31,34)/t28-/m1/s1. The molecule has 0 saturated heterocycles. The average molecular weight is 612 g/mol. The van der Waals surface area contributed by atoms with Crippen LogP contribution in [0.25, 0.3) is 0 Å². The third-order valence-electron chi connectivity index (χ3n) is 6.62. The Kier molecular flexibility index (Phi) is 7.69. The van der Waals surface area contributed by atoms with E-state index in [-0.39, 0.29) is 22.1 Å². The first-order valence-electron chi connectivity index (χ1n) is 12.5. The SMILES string of the molecule is Cc1ccc(NS(=O)(=O)c2ccc(NC(=O)[C@H]3CN(S(=O)(=O)c4ccc(Cl)cc4)c4ccccc4O3)cc2)cc1C. The van der Waals surface area contributed by atoms with E-state index in [1.165, 1.54) is 48.5 Å². The minimum Gasteiger partial charge on any atom is -0.476 e. The van der Waals surface area contributed by atoms with Crippen molar-refractivity contribution in [3.63, 3.8) is 0 Å². The number of fused-ring (bicyclic) bond motifs is 1. The maximum absolute atomic E-state index is 13.5. The van der Waals surface area contributed by atoms with Gasteiger partial charge in [0.15, 0.2) is 6.10 Å². The number of nitrogens with zero attached hydrogens (tertiary/aromatic N) is 1. The summed E-state index contributed by atoms with van der Waals surface area (Å²) in [5.41, 5.74) is 3.06. The fourth-order valence-corrected chi connectivity index (χ4v) is 6.91. The molecule has 212 valence electrons. The van der Waals surface area contributed by atoms with Gasteiger partial charge in [-0.05, 0) is 97.8 Å². The Labute approximate surface area is 243 Å². The molecule has 0 bridgehead atoms. The summed E-state index contributed by atoms with van der Waals surface area (Å²) in [6.07, 6.45) is -1.18. The van der Waals surface area contributed by atoms with Gasteiger partial charge < -0.3 is 10.1 Å². The summed E-state index contributed by atoms with van der Waals surface area (Å²) in [6.45, 7) is 3.56. The van der Waals surface area contributed by atoms with Gasteiger partial charge in [0.1, 0.15) is 5.75 Å². The van der Waals surface area contributed by atoms with Gasteiger partial charge in [-0.1, -0.05) is 29.8 Å². The van der Waals surface area contributed by atoms with E-state index in [4.69, 9.17) is 16.3 Å². The van der Waals surface area contributed by atoms with Crippen LogP contribution in [-0.4, -0.2) is 35.4 Å². The number of rotatable bonds is 7. The van der Waals surface area contributed by atoms with Crippen LogP contribution in [0, 0.1) is 13.8 Å². The Bertz CT molecular complexity index is 1830. The molecule has 4 aromatic rings. The molecule has 1 aliphatic heterocycles. The van der Waals surface area contributed by atoms with Gasteiger partial charge in [-0.2, -0.15) is 0 Å². The lowest BCUT2D eigenvalue weighted by atomic mass is 10.1. The van der Waals surface area contributed by atoms with E-state index >= 15 is 0 Å². The molecule has 41 heavy (non-hydrogen) atoms. The molecular weight excluding hydrogens is 586 g/mol. The molecule has 0 unspecified atom stereocenters. The molecule has 0 spiro atoms. The minimum absolute atomic E-state index is 0.0109. The van der Waals surface area contributed by atoms with Crippen molar-refractivity contribution in [2.45, 2.75) is 29.7 Å². The molecule has 0 aromatic heterocycles. The number of hydrogen-bond acceptors (Lipinski definition) is 6. The van der Waals surface area contributed by atoms with Crippen LogP contribution < -0.4 is 19.1 Å². The molecule has 2 N–H and O–H groups in total. The van der Waals surface area contributed by atoms with Crippen molar-refractivity contribution < 1.29 is 26.4 Å². The smallest absolute Gasteiger partial charge is 0.267 e. The fourth-order valence-electron chi connectivity index (χ4n) is 4.26. The predicted molar refractivity (Wildman–Crippen MR) is 159 cm³/mol. The highest BCUT2D eigenvalue weighted by Crippen LogP contribution is 2.37. The van der Waals surface area contributed by atoms with Crippen molar-refractivity contribution in [1.82, 2.24) is 0 Å². The molecule has 0 fully saturated rings. The molecule has 1 atom stereocenters. The van der Waals surface area contributed by atoms with Crippen LogP contribution in [0.15, 0.2) is 101 Å². The van der Waals surface area contributed by atoms with Crippen LogP contribution in [-0.2, 0) is 24.8 Å².